The third kappa shape index (κ3) is 3.93. The van der Waals surface area contributed by atoms with Gasteiger partial charge in [-0.3, -0.25) is 20.4 Å². The summed E-state index contributed by atoms with van der Waals surface area (Å²) in [7, 11) is 0. The normalized spacial score (nSPS) is 13.1. The third-order valence-corrected chi connectivity index (χ3v) is 4.03. The van der Waals surface area contributed by atoms with Crippen LogP contribution >= 0.6 is 0 Å². The van der Waals surface area contributed by atoms with Gasteiger partial charge in [-0.05, 0) is 36.6 Å². The Morgan fingerprint density at radius 1 is 1.08 bits per heavy atom. The predicted molar refractivity (Wildman–Crippen MR) is 88.9 cm³/mol. The van der Waals surface area contributed by atoms with E-state index < -0.39 is 23.4 Å². The first-order valence-corrected chi connectivity index (χ1v) is 7.91. The van der Waals surface area contributed by atoms with Crippen molar-refractivity contribution in [1.82, 2.24) is 10.9 Å². The lowest BCUT2D eigenvalue weighted by atomic mass is 10.0. The minimum Gasteiger partial charge on any atom is -0.362 e. The Bertz CT molecular complexity index is 811. The van der Waals surface area contributed by atoms with E-state index in [4.69, 9.17) is 0 Å². The zero-order valence-electron chi connectivity index (χ0n) is 13.4. The average molecular weight is 345 g/mol. The van der Waals surface area contributed by atoms with Crippen molar-refractivity contribution in [3.8, 4) is 0 Å². The Morgan fingerprint density at radius 2 is 1.88 bits per heavy atom. The van der Waals surface area contributed by atoms with Crippen LogP contribution in [0.25, 0.3) is 0 Å². The van der Waals surface area contributed by atoms with E-state index in [1.165, 1.54) is 5.56 Å². The number of amides is 2. The van der Waals surface area contributed by atoms with Crippen LogP contribution in [-0.4, -0.2) is 24.9 Å². The predicted octanol–water partition coefficient (Wildman–Crippen LogP) is 2.18. The number of fused-ring (bicyclic) bond motifs is 1. The van der Waals surface area contributed by atoms with Crippen LogP contribution in [-0.2, 0) is 11.2 Å². The number of hydrogen-bond donors (Lipinski definition) is 2. The van der Waals surface area contributed by atoms with Gasteiger partial charge in [0, 0.05) is 18.3 Å². The summed E-state index contributed by atoms with van der Waals surface area (Å²) in [6, 6.07) is 10.5. The molecule has 0 radical (unpaired) electrons. The maximum atomic E-state index is 13.5. The molecule has 25 heavy (non-hydrogen) atoms. The van der Waals surface area contributed by atoms with Crippen molar-refractivity contribution in [2.75, 3.05) is 18.0 Å². The molecule has 0 unspecified atom stereocenters. The minimum absolute atomic E-state index is 0.0726. The maximum Gasteiger partial charge on any atom is 0.272 e. The fourth-order valence-corrected chi connectivity index (χ4v) is 2.86. The molecule has 0 saturated carbocycles. The summed E-state index contributed by atoms with van der Waals surface area (Å²) < 4.78 is 26.4. The first kappa shape index (κ1) is 16.9. The number of benzene rings is 2. The molecule has 1 heterocycles. The van der Waals surface area contributed by atoms with Gasteiger partial charge in [0.1, 0.15) is 11.6 Å². The highest BCUT2D eigenvalue weighted by atomic mass is 19.1. The smallest absolute Gasteiger partial charge is 0.272 e. The highest BCUT2D eigenvalue weighted by molar-refractivity contribution is 5.96. The van der Waals surface area contributed by atoms with Gasteiger partial charge in [0.25, 0.3) is 11.8 Å². The molecule has 7 heteroatoms. The van der Waals surface area contributed by atoms with E-state index in [0.29, 0.717) is 6.07 Å². The average Bonchev–Trinajstić information content (AvgIpc) is 2.60. The lowest BCUT2D eigenvalue weighted by Crippen LogP contribution is -2.47. The molecular formula is C18H17F2N3O2. The van der Waals surface area contributed by atoms with Crippen molar-refractivity contribution < 1.29 is 18.4 Å². The Labute approximate surface area is 143 Å². The van der Waals surface area contributed by atoms with Crippen LogP contribution in [0.15, 0.2) is 42.5 Å². The summed E-state index contributed by atoms with van der Waals surface area (Å²) in [6.07, 6.45) is 1.91. The van der Waals surface area contributed by atoms with Crippen molar-refractivity contribution in [1.29, 1.82) is 0 Å². The number of hydrazine groups is 1. The van der Waals surface area contributed by atoms with Crippen LogP contribution in [0.5, 0.6) is 0 Å². The topological polar surface area (TPSA) is 61.4 Å². The molecule has 0 aliphatic carbocycles. The number of anilines is 1. The van der Waals surface area contributed by atoms with Crippen LogP contribution < -0.4 is 15.8 Å². The van der Waals surface area contributed by atoms with Gasteiger partial charge < -0.3 is 4.90 Å². The van der Waals surface area contributed by atoms with Gasteiger partial charge in [-0.25, -0.2) is 8.78 Å². The monoisotopic (exact) mass is 345 g/mol. The molecule has 1 aliphatic heterocycles. The molecule has 1 aliphatic rings. The number of aryl methyl sites for hydroxylation is 1. The van der Waals surface area contributed by atoms with E-state index >= 15 is 0 Å². The van der Waals surface area contributed by atoms with Gasteiger partial charge in [-0.2, -0.15) is 0 Å². The molecule has 130 valence electrons. The van der Waals surface area contributed by atoms with Crippen LogP contribution in [0.3, 0.4) is 0 Å². The van der Waals surface area contributed by atoms with Crippen molar-refractivity contribution in [2.24, 2.45) is 0 Å². The van der Waals surface area contributed by atoms with Crippen LogP contribution in [0.2, 0.25) is 0 Å². The number of rotatable bonds is 3. The Balaban J connectivity index is 1.58. The summed E-state index contributed by atoms with van der Waals surface area (Å²) in [4.78, 5) is 25.9. The number of nitrogens with zero attached hydrogens (tertiary/aromatic N) is 1. The number of halogens is 2. The largest absolute Gasteiger partial charge is 0.362 e. The molecule has 0 aromatic heterocycles. The highest BCUT2D eigenvalue weighted by Gasteiger charge is 2.19. The van der Waals surface area contributed by atoms with Gasteiger partial charge in [0.15, 0.2) is 0 Å². The van der Waals surface area contributed by atoms with Gasteiger partial charge in [-0.15, -0.1) is 0 Å². The van der Waals surface area contributed by atoms with Crippen molar-refractivity contribution in [3.05, 3.63) is 65.2 Å². The lowest BCUT2D eigenvalue weighted by molar-refractivity contribution is -0.120. The van der Waals surface area contributed by atoms with Crippen molar-refractivity contribution in [2.45, 2.75) is 12.8 Å². The molecule has 0 fully saturated rings. The molecule has 3 rings (SSSR count). The molecule has 5 nitrogen and oxygen atoms in total. The van der Waals surface area contributed by atoms with Gasteiger partial charge in [0.05, 0.1) is 12.1 Å². The molecule has 2 aromatic rings. The summed E-state index contributed by atoms with van der Waals surface area (Å²) >= 11 is 0. The number of para-hydroxylation sites is 1. The maximum absolute atomic E-state index is 13.5. The third-order valence-electron chi connectivity index (χ3n) is 4.03. The molecule has 2 N–H and O–H groups in total. The van der Waals surface area contributed by atoms with Crippen LogP contribution in [0, 0.1) is 11.6 Å². The Kier molecular flexibility index (Phi) is 4.92. The Morgan fingerprint density at radius 3 is 2.68 bits per heavy atom. The second-order valence-corrected chi connectivity index (χ2v) is 5.78. The molecule has 0 atom stereocenters. The standard InChI is InChI=1S/C18H17F2N3O2/c19-13-7-8-14(15(20)10-13)18(25)22-21-17(24)11-23-9-3-5-12-4-1-2-6-16(12)23/h1-2,4,6-8,10H,3,5,9,11H2,(H,21,24)(H,22,25). The summed E-state index contributed by atoms with van der Waals surface area (Å²) in [5.41, 5.74) is 6.24. The second-order valence-electron chi connectivity index (χ2n) is 5.78. The van der Waals surface area contributed by atoms with Crippen LogP contribution in [0.1, 0.15) is 22.3 Å². The zero-order chi connectivity index (χ0) is 17.8. The van der Waals surface area contributed by atoms with E-state index in [1.54, 1.807) is 0 Å². The number of hydrogen-bond acceptors (Lipinski definition) is 3. The SMILES string of the molecule is O=C(CN1CCCc2ccccc21)NNC(=O)c1ccc(F)cc1F. The summed E-state index contributed by atoms with van der Waals surface area (Å²) in [6.45, 7) is 0.814. The fraction of sp³-hybridized carbons (Fsp3) is 0.222. The molecule has 0 bridgehead atoms. The zero-order valence-corrected chi connectivity index (χ0v) is 13.4. The first-order chi connectivity index (χ1) is 12.0. The van der Waals surface area contributed by atoms with E-state index in [-0.39, 0.29) is 12.1 Å². The molecule has 0 spiro atoms. The molecular weight excluding hydrogens is 328 g/mol. The Hall–Kier alpha value is -2.96. The molecule has 2 aromatic carbocycles. The summed E-state index contributed by atoms with van der Waals surface area (Å²) in [5.74, 6) is -3.03. The molecule has 0 saturated heterocycles. The van der Waals surface area contributed by atoms with E-state index in [9.17, 15) is 18.4 Å². The summed E-state index contributed by atoms with van der Waals surface area (Å²) in [5, 5.41) is 0. The van der Waals surface area contributed by atoms with Gasteiger partial charge in [0.2, 0.25) is 0 Å². The van der Waals surface area contributed by atoms with E-state index in [1.807, 2.05) is 29.2 Å². The molecule has 2 amide bonds. The number of carbonyl (C=O) groups excluding carboxylic acids is 2. The number of carbonyl (C=O) groups is 2. The van der Waals surface area contributed by atoms with E-state index in [2.05, 4.69) is 10.9 Å². The first-order valence-electron chi connectivity index (χ1n) is 7.91. The fourth-order valence-electron chi connectivity index (χ4n) is 2.86. The van der Waals surface area contributed by atoms with E-state index in [0.717, 1.165) is 37.2 Å². The lowest BCUT2D eigenvalue weighted by Gasteiger charge is -2.30. The number of nitrogens with one attached hydrogen (secondary N) is 2. The van der Waals surface area contributed by atoms with Gasteiger partial charge in [-0.1, -0.05) is 18.2 Å². The van der Waals surface area contributed by atoms with Crippen molar-refractivity contribution in [3.63, 3.8) is 0 Å². The van der Waals surface area contributed by atoms with Gasteiger partial charge >= 0.3 is 0 Å². The quantitative estimate of drug-likeness (QED) is 0.839. The highest BCUT2D eigenvalue weighted by Crippen LogP contribution is 2.26. The minimum atomic E-state index is -0.989. The van der Waals surface area contributed by atoms with Crippen LogP contribution in [0.4, 0.5) is 14.5 Å². The van der Waals surface area contributed by atoms with Crippen molar-refractivity contribution >= 4 is 17.5 Å². The second kappa shape index (κ2) is 7.29.